The van der Waals surface area contributed by atoms with Crippen molar-refractivity contribution in [3.63, 3.8) is 0 Å². The molecule has 1 aliphatic rings. The van der Waals surface area contributed by atoms with Crippen molar-refractivity contribution in [1.29, 1.82) is 0 Å². The summed E-state index contributed by atoms with van der Waals surface area (Å²) in [5.74, 6) is 1.20. The van der Waals surface area contributed by atoms with E-state index >= 15 is 0 Å². The molecule has 2 unspecified atom stereocenters. The predicted octanol–water partition coefficient (Wildman–Crippen LogP) is 2.90. The Hall–Kier alpha value is -0.570. The predicted molar refractivity (Wildman–Crippen MR) is 70.0 cm³/mol. The lowest BCUT2D eigenvalue weighted by molar-refractivity contribution is -0.140. The number of nitrogens with one attached hydrogen (secondary N) is 1. The molecule has 0 saturated heterocycles. The fourth-order valence-electron chi connectivity index (χ4n) is 2.80. The fraction of sp³-hybridized carbons (Fsp3) is 0.929. The first-order chi connectivity index (χ1) is 7.99. The molecule has 3 atom stereocenters. The molecule has 0 aliphatic heterocycles. The molecular formula is C14H27NO2. The second-order valence-corrected chi connectivity index (χ2v) is 6.07. The average molecular weight is 241 g/mol. The van der Waals surface area contributed by atoms with Gasteiger partial charge < -0.3 is 10.4 Å². The lowest BCUT2D eigenvalue weighted by Crippen LogP contribution is -2.41. The van der Waals surface area contributed by atoms with Crippen LogP contribution in [0.15, 0.2) is 0 Å². The van der Waals surface area contributed by atoms with Gasteiger partial charge in [0.15, 0.2) is 0 Å². The summed E-state index contributed by atoms with van der Waals surface area (Å²) in [5.41, 5.74) is 0. The van der Waals surface area contributed by atoms with E-state index in [4.69, 9.17) is 5.11 Å². The van der Waals surface area contributed by atoms with Gasteiger partial charge in [0.1, 0.15) is 6.04 Å². The van der Waals surface area contributed by atoms with Crippen molar-refractivity contribution in [2.45, 2.75) is 58.9 Å². The quantitative estimate of drug-likeness (QED) is 0.751. The molecule has 100 valence electrons. The number of carbonyl (C=O) groups is 1. The van der Waals surface area contributed by atoms with Gasteiger partial charge >= 0.3 is 5.97 Å². The van der Waals surface area contributed by atoms with E-state index in [-0.39, 0.29) is 6.04 Å². The first kappa shape index (κ1) is 14.5. The van der Waals surface area contributed by atoms with Gasteiger partial charge in [0.25, 0.3) is 0 Å². The Morgan fingerprint density at radius 1 is 1.41 bits per heavy atom. The van der Waals surface area contributed by atoms with Gasteiger partial charge in [-0.15, -0.1) is 0 Å². The molecule has 0 heterocycles. The van der Waals surface area contributed by atoms with Gasteiger partial charge in [-0.1, -0.05) is 33.6 Å². The molecule has 2 N–H and O–H groups in total. The molecule has 0 radical (unpaired) electrons. The summed E-state index contributed by atoms with van der Waals surface area (Å²) < 4.78 is 0. The zero-order valence-electron chi connectivity index (χ0n) is 11.4. The van der Waals surface area contributed by atoms with Crippen molar-refractivity contribution in [3.05, 3.63) is 0 Å². The zero-order valence-corrected chi connectivity index (χ0v) is 11.4. The van der Waals surface area contributed by atoms with Crippen LogP contribution in [0.1, 0.15) is 52.9 Å². The number of hydrogen-bond acceptors (Lipinski definition) is 2. The van der Waals surface area contributed by atoms with Gasteiger partial charge in [-0.05, 0) is 43.6 Å². The van der Waals surface area contributed by atoms with Crippen LogP contribution in [0.5, 0.6) is 0 Å². The third-order valence-corrected chi connectivity index (χ3v) is 3.70. The summed E-state index contributed by atoms with van der Waals surface area (Å²) in [7, 11) is 0. The monoisotopic (exact) mass is 241 g/mol. The molecule has 1 fully saturated rings. The molecule has 0 aromatic heterocycles. The van der Waals surface area contributed by atoms with Crippen molar-refractivity contribution in [2.75, 3.05) is 6.54 Å². The maximum Gasteiger partial charge on any atom is 0.320 e. The van der Waals surface area contributed by atoms with E-state index in [0.717, 1.165) is 18.9 Å². The molecule has 1 aliphatic carbocycles. The molecule has 0 aromatic carbocycles. The topological polar surface area (TPSA) is 49.3 Å². The van der Waals surface area contributed by atoms with E-state index in [1.54, 1.807) is 0 Å². The van der Waals surface area contributed by atoms with Crippen LogP contribution in [0.3, 0.4) is 0 Å². The Morgan fingerprint density at radius 3 is 2.65 bits per heavy atom. The smallest absolute Gasteiger partial charge is 0.320 e. The first-order valence-corrected chi connectivity index (χ1v) is 6.95. The average Bonchev–Trinajstić information content (AvgIpc) is 2.23. The number of carboxylic acid groups (broad SMARTS) is 1. The summed E-state index contributed by atoms with van der Waals surface area (Å²) >= 11 is 0. The summed E-state index contributed by atoms with van der Waals surface area (Å²) in [6, 6.07) is -0.368. The molecule has 3 heteroatoms. The second-order valence-electron chi connectivity index (χ2n) is 6.07. The van der Waals surface area contributed by atoms with Gasteiger partial charge in [-0.25, -0.2) is 0 Å². The van der Waals surface area contributed by atoms with Crippen molar-refractivity contribution in [1.82, 2.24) is 5.32 Å². The van der Waals surface area contributed by atoms with Crippen LogP contribution < -0.4 is 5.32 Å². The first-order valence-electron chi connectivity index (χ1n) is 6.95. The van der Waals surface area contributed by atoms with Crippen molar-refractivity contribution >= 4 is 5.97 Å². The Bertz CT molecular complexity index is 240. The third kappa shape index (κ3) is 5.53. The Labute approximate surface area is 105 Å². The maximum absolute atomic E-state index is 11.1. The van der Waals surface area contributed by atoms with E-state index in [0.29, 0.717) is 11.8 Å². The summed E-state index contributed by atoms with van der Waals surface area (Å²) in [6.07, 6.45) is 5.87. The highest BCUT2D eigenvalue weighted by molar-refractivity contribution is 5.73. The van der Waals surface area contributed by atoms with Crippen LogP contribution in [0.25, 0.3) is 0 Å². The van der Waals surface area contributed by atoms with Crippen LogP contribution >= 0.6 is 0 Å². The van der Waals surface area contributed by atoms with Gasteiger partial charge in [-0.3, -0.25) is 4.79 Å². The van der Waals surface area contributed by atoms with Gasteiger partial charge in [0.2, 0.25) is 0 Å². The number of rotatable bonds is 6. The molecule has 0 amide bonds. The normalized spacial score (nSPS) is 27.1. The summed E-state index contributed by atoms with van der Waals surface area (Å²) in [5, 5.41) is 12.4. The minimum atomic E-state index is -0.706. The van der Waals surface area contributed by atoms with Crippen LogP contribution in [0.2, 0.25) is 0 Å². The molecule has 0 aromatic rings. The SMILES string of the molecule is CC(C)C[C@H](NCC1CCCC(C)C1)C(=O)O. The van der Waals surface area contributed by atoms with Crippen LogP contribution in [-0.2, 0) is 4.79 Å². The lowest BCUT2D eigenvalue weighted by Gasteiger charge is -2.28. The van der Waals surface area contributed by atoms with E-state index < -0.39 is 5.97 Å². The van der Waals surface area contributed by atoms with Crippen molar-refractivity contribution < 1.29 is 9.90 Å². The third-order valence-electron chi connectivity index (χ3n) is 3.70. The van der Waals surface area contributed by atoms with E-state index in [9.17, 15) is 4.79 Å². The van der Waals surface area contributed by atoms with Gasteiger partial charge in [-0.2, -0.15) is 0 Å². The molecule has 17 heavy (non-hydrogen) atoms. The fourth-order valence-corrected chi connectivity index (χ4v) is 2.80. The molecule has 3 nitrogen and oxygen atoms in total. The largest absolute Gasteiger partial charge is 0.480 e. The highest BCUT2D eigenvalue weighted by Crippen LogP contribution is 2.28. The summed E-state index contributed by atoms with van der Waals surface area (Å²) in [4.78, 5) is 11.1. The maximum atomic E-state index is 11.1. The standard InChI is InChI=1S/C14H27NO2/c1-10(2)7-13(14(16)17)15-9-12-6-4-5-11(3)8-12/h10-13,15H,4-9H2,1-3H3,(H,16,17)/t11?,12?,13-/m0/s1. The second kappa shape index (κ2) is 7.00. The van der Waals surface area contributed by atoms with E-state index in [1.807, 2.05) is 0 Å². The van der Waals surface area contributed by atoms with E-state index in [1.165, 1.54) is 25.7 Å². The van der Waals surface area contributed by atoms with Crippen LogP contribution in [-0.4, -0.2) is 23.7 Å². The highest BCUT2D eigenvalue weighted by atomic mass is 16.4. The lowest BCUT2D eigenvalue weighted by atomic mass is 9.82. The van der Waals surface area contributed by atoms with Crippen molar-refractivity contribution in [3.8, 4) is 0 Å². The minimum absolute atomic E-state index is 0.368. The highest BCUT2D eigenvalue weighted by Gasteiger charge is 2.22. The van der Waals surface area contributed by atoms with E-state index in [2.05, 4.69) is 26.1 Å². The molecule has 1 saturated carbocycles. The van der Waals surface area contributed by atoms with Gasteiger partial charge in [0, 0.05) is 0 Å². The molecule has 0 bridgehead atoms. The number of carboxylic acids is 1. The van der Waals surface area contributed by atoms with Crippen molar-refractivity contribution in [2.24, 2.45) is 17.8 Å². The van der Waals surface area contributed by atoms with Gasteiger partial charge in [0.05, 0.1) is 0 Å². The molecule has 1 rings (SSSR count). The Kier molecular flexibility index (Phi) is 5.96. The molecule has 0 spiro atoms. The Morgan fingerprint density at radius 2 is 2.12 bits per heavy atom. The zero-order chi connectivity index (χ0) is 12.8. The molecular weight excluding hydrogens is 214 g/mol. The van der Waals surface area contributed by atoms with Crippen LogP contribution in [0.4, 0.5) is 0 Å². The number of aliphatic carboxylic acids is 1. The summed E-state index contributed by atoms with van der Waals surface area (Å²) in [6.45, 7) is 7.31. The minimum Gasteiger partial charge on any atom is -0.480 e. The number of hydrogen-bond donors (Lipinski definition) is 2. The van der Waals surface area contributed by atoms with Crippen LogP contribution in [0, 0.1) is 17.8 Å². The Balaban J connectivity index is 2.32.